The molecule has 0 radical (unpaired) electrons. The Balaban J connectivity index is 2.06. The number of ether oxygens (including phenoxy) is 5. The molecule has 0 aliphatic carbocycles. The normalized spacial score (nSPS) is 22.4. The Kier molecular flexibility index (Phi) is 9.62. The zero-order valence-corrected chi connectivity index (χ0v) is 24.7. The third-order valence-corrected chi connectivity index (χ3v) is 6.44. The number of hydrogen-bond acceptors (Lipinski definition) is 13. The fraction of sp³-hybridized carbons (Fsp3) is 0.500. The summed E-state index contributed by atoms with van der Waals surface area (Å²) in [6, 6.07) is 5.75. The molecule has 1 aromatic heterocycles. The number of rotatable bonds is 10. The van der Waals surface area contributed by atoms with Gasteiger partial charge in [-0.25, -0.2) is 0 Å². The summed E-state index contributed by atoms with van der Waals surface area (Å²) in [6.45, 7) is 9.44. The summed E-state index contributed by atoms with van der Waals surface area (Å²) in [5.74, 6) is -1.81. The van der Waals surface area contributed by atoms with E-state index >= 15 is 0 Å². The molecule has 5 atom stereocenters. The van der Waals surface area contributed by atoms with Gasteiger partial charge in [-0.2, -0.15) is 0 Å². The quantitative estimate of drug-likeness (QED) is 0.197. The topological polar surface area (TPSA) is 198 Å². The standard InChI is InChI=1S/C30H38O13/c1-12(2)38-26-22(35)19-21(34)18(15-7-9-16(32)10-8-15)29(40-14(5)6)42-25(19)27(39-13(3)4)28(26)43-30-24(37)23(36)20(33)17(11-31)41-30/h7-10,12-14,17,20,23-24,30-33,35-37H,11H2,1-6H3/t17?,20-,23?,24?,30+/m1/s1. The van der Waals surface area contributed by atoms with Crippen molar-refractivity contribution in [2.45, 2.75) is 90.6 Å². The molecule has 236 valence electrons. The molecule has 1 aliphatic heterocycles. The molecule has 0 saturated carbocycles. The molecule has 13 heteroatoms. The van der Waals surface area contributed by atoms with E-state index < -0.39 is 66.8 Å². The maximum Gasteiger partial charge on any atom is 0.297 e. The number of hydrogen-bond donors (Lipinski definition) is 6. The largest absolute Gasteiger partial charge is 0.508 e. The molecule has 43 heavy (non-hydrogen) atoms. The first-order valence-corrected chi connectivity index (χ1v) is 13.9. The maximum absolute atomic E-state index is 14.2. The summed E-state index contributed by atoms with van der Waals surface area (Å²) in [5.41, 5.74) is -0.681. The van der Waals surface area contributed by atoms with Crippen LogP contribution in [0.1, 0.15) is 41.5 Å². The van der Waals surface area contributed by atoms with Gasteiger partial charge in [-0.1, -0.05) is 12.1 Å². The van der Waals surface area contributed by atoms with Crippen LogP contribution < -0.4 is 24.4 Å². The summed E-state index contributed by atoms with van der Waals surface area (Å²) < 4.78 is 35.5. The van der Waals surface area contributed by atoms with E-state index in [1.54, 1.807) is 41.5 Å². The Hall–Kier alpha value is -3.75. The van der Waals surface area contributed by atoms with Gasteiger partial charge in [0.05, 0.1) is 24.9 Å². The lowest BCUT2D eigenvalue weighted by Crippen LogP contribution is -2.60. The van der Waals surface area contributed by atoms with Gasteiger partial charge in [0.15, 0.2) is 11.3 Å². The first kappa shape index (κ1) is 32.2. The molecule has 4 rings (SSSR count). The molecule has 3 unspecified atom stereocenters. The third kappa shape index (κ3) is 6.45. The predicted octanol–water partition coefficient (Wildman–Crippen LogP) is 2.41. The second-order valence-electron chi connectivity index (χ2n) is 11.0. The average molecular weight is 607 g/mol. The number of fused-ring (bicyclic) bond motifs is 1. The number of aromatic hydroxyl groups is 2. The lowest BCUT2D eigenvalue weighted by atomic mass is 9.99. The lowest BCUT2D eigenvalue weighted by molar-refractivity contribution is -0.277. The van der Waals surface area contributed by atoms with Crippen molar-refractivity contribution < 1.29 is 58.7 Å². The molecular formula is C30H38O13. The van der Waals surface area contributed by atoms with E-state index in [1.807, 2.05) is 0 Å². The Morgan fingerprint density at radius 3 is 1.93 bits per heavy atom. The van der Waals surface area contributed by atoms with Crippen LogP contribution >= 0.6 is 0 Å². The van der Waals surface area contributed by atoms with E-state index in [2.05, 4.69) is 0 Å². The van der Waals surface area contributed by atoms with Gasteiger partial charge in [0.1, 0.15) is 41.1 Å². The van der Waals surface area contributed by atoms with E-state index in [0.29, 0.717) is 5.56 Å². The SMILES string of the molecule is CC(C)Oc1oc2c(OC(C)C)c(O[C@@H]3OC(CO)[C@@H](O)C(O)C3O)c(OC(C)C)c(O)c2c(=O)c1-c1ccc(O)cc1. The fourth-order valence-electron chi connectivity index (χ4n) is 4.57. The highest BCUT2D eigenvalue weighted by Crippen LogP contribution is 2.53. The first-order chi connectivity index (χ1) is 20.2. The van der Waals surface area contributed by atoms with E-state index in [1.165, 1.54) is 24.3 Å². The zero-order chi connectivity index (χ0) is 31.7. The van der Waals surface area contributed by atoms with Crippen molar-refractivity contribution in [1.82, 2.24) is 0 Å². The van der Waals surface area contributed by atoms with Gasteiger partial charge in [0, 0.05) is 0 Å². The number of aliphatic hydroxyl groups excluding tert-OH is 4. The van der Waals surface area contributed by atoms with E-state index in [-0.39, 0.29) is 45.5 Å². The number of aliphatic hydroxyl groups is 4. The van der Waals surface area contributed by atoms with Gasteiger partial charge in [-0.3, -0.25) is 4.79 Å². The minimum absolute atomic E-state index is 0.0293. The van der Waals surface area contributed by atoms with Crippen LogP contribution in [0, 0.1) is 0 Å². The minimum atomic E-state index is -1.81. The molecule has 2 aromatic carbocycles. The van der Waals surface area contributed by atoms with E-state index in [9.17, 15) is 35.4 Å². The van der Waals surface area contributed by atoms with E-state index in [4.69, 9.17) is 28.1 Å². The second kappa shape index (κ2) is 12.9. The van der Waals surface area contributed by atoms with Crippen LogP contribution in [0.15, 0.2) is 33.5 Å². The van der Waals surface area contributed by atoms with Gasteiger partial charge < -0.3 is 58.7 Å². The number of phenols is 2. The predicted molar refractivity (Wildman–Crippen MR) is 153 cm³/mol. The summed E-state index contributed by atoms with van der Waals surface area (Å²) in [4.78, 5) is 14.2. The molecule has 1 saturated heterocycles. The van der Waals surface area contributed by atoms with Crippen LogP contribution in [-0.4, -0.2) is 86.3 Å². The van der Waals surface area contributed by atoms with Crippen LogP contribution in [0.5, 0.6) is 34.7 Å². The summed E-state index contributed by atoms with van der Waals surface area (Å²) >= 11 is 0. The molecule has 0 bridgehead atoms. The lowest BCUT2D eigenvalue weighted by Gasteiger charge is -2.39. The summed E-state index contributed by atoms with van der Waals surface area (Å²) in [5, 5.41) is 61.9. The number of benzene rings is 2. The van der Waals surface area contributed by atoms with Crippen molar-refractivity contribution in [1.29, 1.82) is 0 Å². The molecule has 13 nitrogen and oxygen atoms in total. The Bertz CT molecular complexity index is 1480. The highest BCUT2D eigenvalue weighted by molar-refractivity contribution is 5.97. The molecule has 0 spiro atoms. The van der Waals surface area contributed by atoms with Gasteiger partial charge in [-0.15, -0.1) is 0 Å². The first-order valence-electron chi connectivity index (χ1n) is 13.9. The number of phenolic OH excluding ortho intramolecular Hbond substituents is 2. The van der Waals surface area contributed by atoms with Crippen LogP contribution in [-0.2, 0) is 4.74 Å². The molecule has 0 amide bonds. The molecule has 1 fully saturated rings. The average Bonchev–Trinajstić information content (AvgIpc) is 2.93. The Morgan fingerprint density at radius 2 is 1.37 bits per heavy atom. The van der Waals surface area contributed by atoms with Gasteiger partial charge in [0.2, 0.25) is 29.0 Å². The summed E-state index contributed by atoms with van der Waals surface area (Å²) in [6.07, 6.45) is -9.76. The van der Waals surface area contributed by atoms with Crippen molar-refractivity contribution in [3.63, 3.8) is 0 Å². The summed E-state index contributed by atoms with van der Waals surface area (Å²) in [7, 11) is 0. The molecule has 2 heterocycles. The van der Waals surface area contributed by atoms with Crippen LogP contribution in [0.2, 0.25) is 0 Å². The monoisotopic (exact) mass is 606 g/mol. The maximum atomic E-state index is 14.2. The van der Waals surface area contributed by atoms with Crippen molar-refractivity contribution in [3.8, 4) is 45.8 Å². The highest BCUT2D eigenvalue weighted by Gasteiger charge is 2.46. The molecule has 6 N–H and O–H groups in total. The van der Waals surface area contributed by atoms with Crippen molar-refractivity contribution in [2.24, 2.45) is 0 Å². The van der Waals surface area contributed by atoms with Gasteiger partial charge in [0.25, 0.3) is 5.95 Å². The van der Waals surface area contributed by atoms with Crippen molar-refractivity contribution in [3.05, 3.63) is 34.5 Å². The minimum Gasteiger partial charge on any atom is -0.508 e. The Labute approximate surface area is 247 Å². The molecule has 1 aliphatic rings. The Morgan fingerprint density at radius 1 is 0.791 bits per heavy atom. The third-order valence-electron chi connectivity index (χ3n) is 6.44. The van der Waals surface area contributed by atoms with Crippen LogP contribution in [0.25, 0.3) is 22.1 Å². The van der Waals surface area contributed by atoms with Crippen LogP contribution in [0.4, 0.5) is 0 Å². The highest BCUT2D eigenvalue weighted by atomic mass is 16.7. The molecule has 3 aromatic rings. The molecular weight excluding hydrogens is 568 g/mol. The second-order valence-corrected chi connectivity index (χ2v) is 11.0. The van der Waals surface area contributed by atoms with Crippen molar-refractivity contribution >= 4 is 11.0 Å². The van der Waals surface area contributed by atoms with E-state index in [0.717, 1.165) is 0 Å². The fourth-order valence-corrected chi connectivity index (χ4v) is 4.57. The smallest absolute Gasteiger partial charge is 0.297 e. The van der Waals surface area contributed by atoms with Gasteiger partial charge >= 0.3 is 0 Å². The van der Waals surface area contributed by atoms with Crippen LogP contribution in [0.3, 0.4) is 0 Å². The van der Waals surface area contributed by atoms with Gasteiger partial charge in [-0.05, 0) is 59.2 Å². The van der Waals surface area contributed by atoms with Crippen molar-refractivity contribution in [2.75, 3.05) is 6.61 Å². The zero-order valence-electron chi connectivity index (χ0n) is 24.7.